The largest absolute Gasteiger partial charge is 0.489 e. The topological polar surface area (TPSA) is 218 Å². The standard InChI is InChI=1S/C16H14O2.C15H18N4O3.C4H10.C2H7N.CH5N.CH2O2/c1-11(17)18-10-16-14-8-4-2-6-12(14)13-7-3-5-9-15(13)16;16-18-10-9-17-13-3-1-12(2-4-13)11-22-15-7-5-14(6-8-15)19(20)21;1-4(2)3;1-2-3;1-2;2-1-3/h2-9,16H,10H2,1H3;1-8,17-18H,9-11,16H2;4H,1-3H3;2-3H2,1H3;2H2,1H3;1H,(H,2,3). The Bertz CT molecular complexity index is 1500. The third-order valence-corrected chi connectivity index (χ3v) is 6.42. The number of carbonyl (C=O) groups is 2. The van der Waals surface area contributed by atoms with Gasteiger partial charge in [0.15, 0.2) is 0 Å². The Hall–Kier alpha value is -5.34. The Morgan fingerprint density at radius 2 is 1.37 bits per heavy atom. The van der Waals surface area contributed by atoms with E-state index in [1.807, 2.05) is 55.5 Å². The molecule has 284 valence electrons. The second-order valence-electron chi connectivity index (χ2n) is 11.4. The summed E-state index contributed by atoms with van der Waals surface area (Å²) >= 11 is 0. The number of nitro groups is 1. The first-order valence-corrected chi connectivity index (χ1v) is 16.8. The predicted octanol–water partition coefficient (Wildman–Crippen LogP) is 6.31. The molecule has 0 fully saturated rings. The van der Waals surface area contributed by atoms with Crippen molar-refractivity contribution in [1.82, 2.24) is 5.43 Å². The third-order valence-electron chi connectivity index (χ3n) is 6.42. The lowest BCUT2D eigenvalue weighted by Crippen LogP contribution is -2.28. The summed E-state index contributed by atoms with van der Waals surface area (Å²) in [6.45, 7) is 12.6. The number of carbonyl (C=O) groups excluding carboxylic acids is 1. The van der Waals surface area contributed by atoms with Crippen molar-refractivity contribution in [1.29, 1.82) is 0 Å². The van der Waals surface area contributed by atoms with Crippen LogP contribution < -0.4 is 32.8 Å². The number of esters is 1. The van der Waals surface area contributed by atoms with Gasteiger partial charge in [-0.05, 0) is 71.6 Å². The lowest BCUT2D eigenvalue weighted by molar-refractivity contribution is -0.384. The van der Waals surface area contributed by atoms with Gasteiger partial charge in [0.25, 0.3) is 12.2 Å². The summed E-state index contributed by atoms with van der Waals surface area (Å²) in [7, 11) is 1.50. The van der Waals surface area contributed by atoms with Crippen molar-refractivity contribution in [2.75, 3.05) is 38.6 Å². The average molecular weight is 721 g/mol. The highest BCUT2D eigenvalue weighted by molar-refractivity contribution is 5.79. The Labute approximate surface area is 307 Å². The van der Waals surface area contributed by atoms with Crippen molar-refractivity contribution < 1.29 is 29.1 Å². The van der Waals surface area contributed by atoms with E-state index in [1.165, 1.54) is 48.4 Å². The lowest BCUT2D eigenvalue weighted by atomic mass is 9.98. The molecule has 13 heteroatoms. The highest BCUT2D eigenvalue weighted by atomic mass is 16.6. The number of non-ortho nitro benzene ring substituents is 1. The number of hydrogen-bond acceptors (Lipinski definition) is 11. The summed E-state index contributed by atoms with van der Waals surface area (Å²) in [5.41, 5.74) is 19.0. The molecule has 13 nitrogen and oxygen atoms in total. The molecule has 0 unspecified atom stereocenters. The summed E-state index contributed by atoms with van der Waals surface area (Å²) in [5.74, 6) is 6.57. The van der Waals surface area contributed by atoms with Crippen LogP contribution in [0.15, 0.2) is 97.1 Å². The molecule has 52 heavy (non-hydrogen) atoms. The van der Waals surface area contributed by atoms with Gasteiger partial charge in [-0.15, -0.1) is 0 Å². The lowest BCUT2D eigenvalue weighted by Gasteiger charge is -2.12. The first-order valence-electron chi connectivity index (χ1n) is 16.8. The number of nitrogens with one attached hydrogen (secondary N) is 2. The van der Waals surface area contributed by atoms with Crippen LogP contribution in [0.25, 0.3) is 11.1 Å². The van der Waals surface area contributed by atoms with Crippen LogP contribution in [0.1, 0.15) is 57.2 Å². The smallest absolute Gasteiger partial charge is 0.302 e. The van der Waals surface area contributed by atoms with Crippen LogP contribution in [0.4, 0.5) is 11.4 Å². The van der Waals surface area contributed by atoms with Crippen LogP contribution in [0.2, 0.25) is 0 Å². The fourth-order valence-electron chi connectivity index (χ4n) is 4.47. The Morgan fingerprint density at radius 3 is 1.79 bits per heavy atom. The number of ether oxygens (including phenoxy) is 2. The molecule has 4 aromatic carbocycles. The van der Waals surface area contributed by atoms with Crippen molar-refractivity contribution in [2.45, 2.75) is 47.1 Å². The maximum Gasteiger partial charge on any atom is 0.302 e. The van der Waals surface area contributed by atoms with E-state index in [1.54, 1.807) is 12.1 Å². The third kappa shape index (κ3) is 18.6. The maximum absolute atomic E-state index is 11.0. The van der Waals surface area contributed by atoms with Crippen LogP contribution in [-0.4, -0.2) is 55.8 Å². The van der Waals surface area contributed by atoms with Gasteiger partial charge in [-0.2, -0.15) is 0 Å². The molecule has 1 aliphatic carbocycles. The molecule has 0 amide bonds. The van der Waals surface area contributed by atoms with Crippen molar-refractivity contribution in [3.05, 3.63) is 124 Å². The normalized spacial score (nSPS) is 10.2. The van der Waals surface area contributed by atoms with Gasteiger partial charge in [-0.1, -0.05) is 88.4 Å². The highest BCUT2D eigenvalue weighted by Crippen LogP contribution is 2.44. The number of nitrogens with two attached hydrogens (primary N) is 3. The first-order chi connectivity index (χ1) is 25.0. The molecule has 0 aliphatic heterocycles. The fourth-order valence-corrected chi connectivity index (χ4v) is 4.47. The van der Waals surface area contributed by atoms with Crippen LogP contribution in [0.5, 0.6) is 5.75 Å². The molecule has 4 aromatic rings. The van der Waals surface area contributed by atoms with Crippen molar-refractivity contribution >= 4 is 23.8 Å². The van der Waals surface area contributed by atoms with Crippen molar-refractivity contribution in [2.24, 2.45) is 23.2 Å². The molecule has 0 saturated heterocycles. The van der Waals surface area contributed by atoms with Crippen molar-refractivity contribution in [3.8, 4) is 16.9 Å². The number of benzene rings is 4. The van der Waals surface area contributed by atoms with Gasteiger partial charge >= 0.3 is 5.97 Å². The van der Waals surface area contributed by atoms with E-state index in [9.17, 15) is 14.9 Å². The second kappa shape index (κ2) is 28.4. The molecule has 0 saturated carbocycles. The summed E-state index contributed by atoms with van der Waals surface area (Å²) in [5, 5.41) is 20.7. The van der Waals surface area contributed by atoms with E-state index in [2.05, 4.69) is 61.5 Å². The second-order valence-corrected chi connectivity index (χ2v) is 11.4. The molecule has 0 aromatic heterocycles. The number of hydrazine groups is 1. The zero-order valence-corrected chi connectivity index (χ0v) is 31.1. The van der Waals surface area contributed by atoms with Gasteiger partial charge in [0.1, 0.15) is 19.0 Å². The zero-order valence-electron chi connectivity index (χ0n) is 31.1. The molecule has 0 atom stereocenters. The van der Waals surface area contributed by atoms with Crippen molar-refractivity contribution in [3.63, 3.8) is 0 Å². The van der Waals surface area contributed by atoms with Crippen LogP contribution >= 0.6 is 0 Å². The SMILES string of the molecule is CC(=O)OCC1c2ccccc2-c2ccccc21.CC(C)C.CCN.CN.NNCCNc1ccc(COc2ccc([N+](=O)[O-])cc2)cc1.O=CO. The van der Waals surface area contributed by atoms with Gasteiger partial charge in [-0.3, -0.25) is 31.0 Å². The minimum atomic E-state index is -0.435. The molecule has 0 bridgehead atoms. The highest BCUT2D eigenvalue weighted by Gasteiger charge is 2.28. The molecule has 0 heterocycles. The molecule has 0 spiro atoms. The first kappa shape index (κ1) is 46.7. The van der Waals surface area contributed by atoms with E-state index in [0.29, 0.717) is 25.5 Å². The fraction of sp³-hybridized carbons (Fsp3) is 0.333. The number of nitrogens with zero attached hydrogens (tertiary/aromatic N) is 1. The quantitative estimate of drug-likeness (QED) is 0.0265. The molecule has 5 rings (SSSR count). The molecule has 1 aliphatic rings. The van der Waals surface area contributed by atoms with E-state index in [4.69, 9.17) is 31.0 Å². The number of rotatable bonds is 10. The monoisotopic (exact) mass is 720 g/mol. The van der Waals surface area contributed by atoms with E-state index < -0.39 is 4.92 Å². The molecular weight excluding hydrogens is 664 g/mol. The Kier molecular flexibility index (Phi) is 25.5. The zero-order chi connectivity index (χ0) is 39.3. The maximum atomic E-state index is 11.0. The van der Waals surface area contributed by atoms with Crippen LogP contribution in [-0.2, 0) is 20.9 Å². The summed E-state index contributed by atoms with van der Waals surface area (Å²) < 4.78 is 10.8. The molecule has 0 radical (unpaired) electrons. The molecule has 9 N–H and O–H groups in total. The summed E-state index contributed by atoms with van der Waals surface area (Å²) in [6.07, 6.45) is 0. The van der Waals surface area contributed by atoms with E-state index >= 15 is 0 Å². The van der Waals surface area contributed by atoms with Gasteiger partial charge in [0.2, 0.25) is 0 Å². The number of hydrogen-bond donors (Lipinski definition) is 6. The van der Waals surface area contributed by atoms with Crippen LogP contribution in [0, 0.1) is 16.0 Å². The van der Waals surface area contributed by atoms with Gasteiger partial charge < -0.3 is 31.4 Å². The summed E-state index contributed by atoms with van der Waals surface area (Å²) in [6, 6.07) is 30.5. The number of carboxylic acid groups (broad SMARTS) is 1. The van der Waals surface area contributed by atoms with E-state index in [-0.39, 0.29) is 24.0 Å². The number of fused-ring (bicyclic) bond motifs is 3. The van der Waals surface area contributed by atoms with Crippen LogP contribution in [0.3, 0.4) is 0 Å². The minimum absolute atomic E-state index is 0.0507. The summed E-state index contributed by atoms with van der Waals surface area (Å²) in [4.78, 5) is 29.5. The van der Waals surface area contributed by atoms with E-state index in [0.717, 1.165) is 30.3 Å². The predicted molar refractivity (Wildman–Crippen MR) is 209 cm³/mol. The van der Waals surface area contributed by atoms with Gasteiger partial charge in [0.05, 0.1) is 4.92 Å². The van der Waals surface area contributed by atoms with Gasteiger partial charge in [-0.25, -0.2) is 0 Å². The van der Waals surface area contributed by atoms with Gasteiger partial charge in [0, 0.05) is 43.8 Å². The number of anilines is 1. The molecular formula is C39H56N6O7. The minimum Gasteiger partial charge on any atom is -0.489 e. The number of nitro benzene ring substituents is 1. The average Bonchev–Trinajstić information content (AvgIpc) is 3.46. The Balaban J connectivity index is 0.000000775. The Morgan fingerprint density at radius 1 is 0.904 bits per heavy atom.